The van der Waals surface area contributed by atoms with Crippen molar-refractivity contribution >= 4 is 5.78 Å². The number of rotatable bonds is 12. The van der Waals surface area contributed by atoms with Crippen molar-refractivity contribution in [3.05, 3.63) is 77.9 Å². The molecule has 1 fully saturated rings. The summed E-state index contributed by atoms with van der Waals surface area (Å²) in [5.41, 5.74) is 3.55. The topological polar surface area (TPSA) is 51.7 Å². The van der Waals surface area contributed by atoms with Gasteiger partial charge in [-0.05, 0) is 92.7 Å². The van der Waals surface area contributed by atoms with Crippen LogP contribution in [0.4, 0.5) is 4.39 Å². The molecule has 1 saturated heterocycles. The first kappa shape index (κ1) is 27.8. The number of hydrogen-bond donors (Lipinski definition) is 0. The fourth-order valence-corrected chi connectivity index (χ4v) is 4.57. The molecular weight excluding hydrogens is 479 g/mol. The second-order valence-electron chi connectivity index (χ2n) is 10.8. The predicted molar refractivity (Wildman–Crippen MR) is 149 cm³/mol. The van der Waals surface area contributed by atoms with E-state index in [9.17, 15) is 9.18 Å². The van der Waals surface area contributed by atoms with Gasteiger partial charge in [-0.15, -0.1) is 0 Å². The largest absolute Gasteiger partial charge is 0.493 e. The van der Waals surface area contributed by atoms with Gasteiger partial charge in [-0.2, -0.15) is 0 Å². The third-order valence-electron chi connectivity index (χ3n) is 6.92. The minimum atomic E-state index is -0.345. The van der Waals surface area contributed by atoms with E-state index in [4.69, 9.17) is 9.47 Å². The van der Waals surface area contributed by atoms with Crippen LogP contribution in [0, 0.1) is 17.7 Å². The van der Waals surface area contributed by atoms with Crippen molar-refractivity contribution in [2.24, 2.45) is 11.8 Å². The first-order chi connectivity index (χ1) is 18.3. The van der Waals surface area contributed by atoms with E-state index in [-0.39, 0.29) is 18.0 Å². The number of carbonyl (C=O) groups is 1. The molecule has 0 atom stereocenters. The Labute approximate surface area is 226 Å². The van der Waals surface area contributed by atoms with Crippen molar-refractivity contribution in [3.8, 4) is 22.6 Å². The Morgan fingerprint density at radius 2 is 1.74 bits per heavy atom. The highest BCUT2D eigenvalue weighted by Gasteiger charge is 2.17. The molecule has 1 aliphatic heterocycles. The second-order valence-corrected chi connectivity index (χ2v) is 10.8. The Morgan fingerprint density at radius 3 is 2.42 bits per heavy atom. The van der Waals surface area contributed by atoms with Crippen LogP contribution in [0.15, 0.2) is 60.8 Å². The molecule has 0 N–H and O–H groups in total. The number of aromatic nitrogens is 1. The number of Topliss-reactive ketones (excluding diaryl/α,β-unsaturated/α-hetero) is 1. The molecule has 0 aliphatic carbocycles. The van der Waals surface area contributed by atoms with Crippen LogP contribution in [0.25, 0.3) is 11.1 Å². The van der Waals surface area contributed by atoms with Gasteiger partial charge in [0.2, 0.25) is 0 Å². The molecule has 0 saturated carbocycles. The Kier molecular flexibility index (Phi) is 9.88. The molecule has 0 unspecified atom stereocenters. The van der Waals surface area contributed by atoms with Crippen LogP contribution in [-0.2, 0) is 17.6 Å². The van der Waals surface area contributed by atoms with Crippen LogP contribution in [-0.4, -0.2) is 49.0 Å². The Balaban J connectivity index is 1.24. The van der Waals surface area contributed by atoms with E-state index in [1.807, 2.05) is 62.5 Å². The average molecular weight is 519 g/mol. The molecule has 0 radical (unpaired) electrons. The maximum atomic E-state index is 14.0. The number of ketones is 1. The lowest BCUT2D eigenvalue weighted by Crippen LogP contribution is -2.32. The lowest BCUT2D eigenvalue weighted by molar-refractivity contribution is -0.118. The summed E-state index contributed by atoms with van der Waals surface area (Å²) < 4.78 is 25.6. The van der Waals surface area contributed by atoms with Crippen molar-refractivity contribution < 1.29 is 18.7 Å². The fraction of sp³-hybridized carbons (Fsp3) is 0.438. The van der Waals surface area contributed by atoms with Gasteiger partial charge in [0.1, 0.15) is 23.1 Å². The van der Waals surface area contributed by atoms with Gasteiger partial charge in [0.05, 0.1) is 13.2 Å². The van der Waals surface area contributed by atoms with Crippen LogP contribution in [0.1, 0.15) is 44.4 Å². The predicted octanol–water partition coefficient (Wildman–Crippen LogP) is 6.39. The summed E-state index contributed by atoms with van der Waals surface area (Å²) >= 11 is 0. The van der Waals surface area contributed by atoms with Gasteiger partial charge < -0.3 is 14.4 Å². The fourth-order valence-electron chi connectivity index (χ4n) is 4.57. The second kappa shape index (κ2) is 13.5. The molecule has 4 rings (SSSR count). The molecule has 1 aliphatic rings. The minimum Gasteiger partial charge on any atom is -0.493 e. The molecule has 202 valence electrons. The zero-order valence-corrected chi connectivity index (χ0v) is 22.8. The standard InChI is InChI=1S/C32H39FN2O3/c1-23(2)21-37-32-17-25(16-28(33)18-32)4-9-30(36)19-29-8-5-27(20-34-29)26-6-10-31(11-7-26)38-22-24-12-14-35(3)15-13-24/h5-8,10-11,16-18,20,23-24H,4,9,12-15,19,21-22H2,1-3H3. The van der Waals surface area contributed by atoms with Gasteiger partial charge >= 0.3 is 0 Å². The zero-order chi connectivity index (χ0) is 26.9. The summed E-state index contributed by atoms with van der Waals surface area (Å²) in [5, 5.41) is 0. The zero-order valence-electron chi connectivity index (χ0n) is 22.8. The van der Waals surface area contributed by atoms with E-state index in [1.165, 1.54) is 25.0 Å². The van der Waals surface area contributed by atoms with Crippen molar-refractivity contribution in [2.75, 3.05) is 33.4 Å². The average Bonchev–Trinajstić information content (AvgIpc) is 2.91. The van der Waals surface area contributed by atoms with Crippen LogP contribution in [0.5, 0.6) is 11.5 Å². The molecule has 38 heavy (non-hydrogen) atoms. The molecule has 5 nitrogen and oxygen atoms in total. The molecule has 6 heteroatoms. The highest BCUT2D eigenvalue weighted by molar-refractivity contribution is 5.80. The number of ether oxygens (including phenoxy) is 2. The van der Waals surface area contributed by atoms with Crippen LogP contribution < -0.4 is 9.47 Å². The first-order valence-corrected chi connectivity index (χ1v) is 13.6. The third kappa shape index (κ3) is 8.66. The number of hydrogen-bond acceptors (Lipinski definition) is 5. The Morgan fingerprint density at radius 1 is 1.00 bits per heavy atom. The third-order valence-corrected chi connectivity index (χ3v) is 6.92. The van der Waals surface area contributed by atoms with E-state index in [2.05, 4.69) is 16.9 Å². The van der Waals surface area contributed by atoms with Gasteiger partial charge in [0.25, 0.3) is 0 Å². The summed E-state index contributed by atoms with van der Waals surface area (Å²) in [6.07, 6.45) is 5.24. The number of piperidine rings is 1. The van der Waals surface area contributed by atoms with Gasteiger partial charge in [-0.3, -0.25) is 9.78 Å². The molecular formula is C32H39FN2O3. The van der Waals surface area contributed by atoms with E-state index in [0.29, 0.717) is 37.0 Å². The summed E-state index contributed by atoms with van der Waals surface area (Å²) in [7, 11) is 2.17. The van der Waals surface area contributed by atoms with E-state index >= 15 is 0 Å². The highest BCUT2D eigenvalue weighted by Crippen LogP contribution is 2.24. The smallest absolute Gasteiger partial charge is 0.139 e. The van der Waals surface area contributed by atoms with E-state index < -0.39 is 0 Å². The number of aryl methyl sites for hydroxylation is 1. The van der Waals surface area contributed by atoms with Crippen molar-refractivity contribution in [1.82, 2.24) is 9.88 Å². The van der Waals surface area contributed by atoms with Gasteiger partial charge in [-0.1, -0.05) is 32.0 Å². The number of benzene rings is 2. The van der Waals surface area contributed by atoms with Crippen molar-refractivity contribution in [2.45, 2.75) is 46.0 Å². The number of pyridine rings is 1. The number of likely N-dealkylation sites (tertiary alicyclic amines) is 1. The van der Waals surface area contributed by atoms with E-state index in [0.717, 1.165) is 47.8 Å². The Bertz CT molecular complexity index is 1170. The molecule has 3 aromatic rings. The molecule has 0 amide bonds. The highest BCUT2D eigenvalue weighted by atomic mass is 19.1. The first-order valence-electron chi connectivity index (χ1n) is 13.6. The van der Waals surface area contributed by atoms with E-state index in [1.54, 1.807) is 0 Å². The van der Waals surface area contributed by atoms with Crippen molar-refractivity contribution in [3.63, 3.8) is 0 Å². The summed E-state index contributed by atoms with van der Waals surface area (Å²) in [4.78, 5) is 19.5. The number of carbonyl (C=O) groups excluding carboxylic acids is 1. The van der Waals surface area contributed by atoms with Gasteiger partial charge in [0.15, 0.2) is 0 Å². The molecule has 2 heterocycles. The van der Waals surface area contributed by atoms with Crippen molar-refractivity contribution in [1.29, 1.82) is 0 Å². The maximum absolute atomic E-state index is 14.0. The lowest BCUT2D eigenvalue weighted by atomic mass is 9.98. The van der Waals surface area contributed by atoms with Gasteiger partial charge in [0, 0.05) is 36.4 Å². The Hall–Kier alpha value is -3.25. The molecule has 2 aromatic carbocycles. The molecule has 0 bridgehead atoms. The summed E-state index contributed by atoms with van der Waals surface area (Å²) in [5.74, 6) is 2.11. The normalized spacial score (nSPS) is 14.6. The van der Waals surface area contributed by atoms with Gasteiger partial charge in [-0.25, -0.2) is 4.39 Å². The summed E-state index contributed by atoms with van der Waals surface area (Å²) in [6.45, 7) is 7.67. The van der Waals surface area contributed by atoms with Crippen LogP contribution in [0.3, 0.4) is 0 Å². The number of halogens is 1. The molecule has 1 aromatic heterocycles. The summed E-state index contributed by atoms with van der Waals surface area (Å²) in [6, 6.07) is 16.7. The SMILES string of the molecule is CC(C)COc1cc(F)cc(CCC(=O)Cc2ccc(-c3ccc(OCC4CCN(C)CC4)cc3)cn2)c1. The minimum absolute atomic E-state index is 0.0743. The molecule has 0 spiro atoms. The quantitative estimate of drug-likeness (QED) is 0.278. The van der Waals surface area contributed by atoms with Crippen LogP contribution >= 0.6 is 0 Å². The maximum Gasteiger partial charge on any atom is 0.139 e. The monoisotopic (exact) mass is 518 g/mol. The van der Waals surface area contributed by atoms with Crippen LogP contribution in [0.2, 0.25) is 0 Å². The number of nitrogens with zero attached hydrogens (tertiary/aromatic N) is 2. The lowest BCUT2D eigenvalue weighted by Gasteiger charge is -2.28.